The van der Waals surface area contributed by atoms with Gasteiger partial charge in [-0.05, 0) is 19.9 Å². The molecule has 1 atom stereocenters. The zero-order valence-corrected chi connectivity index (χ0v) is 17.3. The number of carbonyl (C=O) groups excluding carboxylic acids is 1. The van der Waals surface area contributed by atoms with Gasteiger partial charge in [0.1, 0.15) is 11.4 Å². The van der Waals surface area contributed by atoms with Gasteiger partial charge < -0.3 is 4.90 Å². The van der Waals surface area contributed by atoms with E-state index in [2.05, 4.69) is 5.10 Å². The first kappa shape index (κ1) is 21.8. The van der Waals surface area contributed by atoms with Gasteiger partial charge in [-0.1, -0.05) is 19.1 Å². The summed E-state index contributed by atoms with van der Waals surface area (Å²) in [5, 5.41) is 15.4. The molecule has 10 heteroatoms. The molecule has 0 radical (unpaired) electrons. The number of nitro groups is 1. The molecule has 1 saturated heterocycles. The maximum atomic E-state index is 13.9. The molecular formula is C20H25F2N5O3. The molecule has 0 bridgehead atoms. The van der Waals surface area contributed by atoms with Crippen molar-refractivity contribution in [3.05, 3.63) is 56.9 Å². The third kappa shape index (κ3) is 4.48. The Bertz CT molecular complexity index is 954. The molecule has 0 spiro atoms. The van der Waals surface area contributed by atoms with Crippen LogP contribution in [-0.4, -0.2) is 56.6 Å². The van der Waals surface area contributed by atoms with Gasteiger partial charge in [-0.25, -0.2) is 8.78 Å². The number of aryl methyl sites for hydroxylation is 1. The highest BCUT2D eigenvalue weighted by Gasteiger charge is 2.28. The van der Waals surface area contributed by atoms with Gasteiger partial charge in [-0.2, -0.15) is 5.10 Å². The summed E-state index contributed by atoms with van der Waals surface area (Å²) in [6.07, 6.45) is 0. The molecule has 1 aromatic carbocycles. The number of hydrogen-bond acceptors (Lipinski definition) is 5. The fourth-order valence-electron chi connectivity index (χ4n) is 3.82. The average molecular weight is 421 g/mol. The Balaban J connectivity index is 1.57. The van der Waals surface area contributed by atoms with E-state index in [-0.39, 0.29) is 24.7 Å². The van der Waals surface area contributed by atoms with E-state index in [4.69, 9.17) is 0 Å². The zero-order chi connectivity index (χ0) is 22.0. The van der Waals surface area contributed by atoms with E-state index in [0.717, 1.165) is 6.07 Å². The van der Waals surface area contributed by atoms with Gasteiger partial charge in [0, 0.05) is 38.3 Å². The quantitative estimate of drug-likeness (QED) is 0.529. The van der Waals surface area contributed by atoms with E-state index in [1.807, 2.05) is 4.90 Å². The summed E-state index contributed by atoms with van der Waals surface area (Å²) in [5.41, 5.74) is 1.04. The maximum absolute atomic E-state index is 13.9. The lowest BCUT2D eigenvalue weighted by atomic mass is 10.1. The van der Waals surface area contributed by atoms with Crippen LogP contribution in [0, 0.1) is 41.5 Å². The molecule has 1 aliphatic heterocycles. The Labute approximate surface area is 173 Å². The minimum absolute atomic E-state index is 0.0205. The number of piperazine rings is 1. The Morgan fingerprint density at radius 1 is 1.23 bits per heavy atom. The summed E-state index contributed by atoms with van der Waals surface area (Å²) in [5.74, 6) is -2.14. The maximum Gasteiger partial charge on any atom is 0.312 e. The highest BCUT2D eigenvalue weighted by molar-refractivity contribution is 5.78. The predicted octanol–water partition coefficient (Wildman–Crippen LogP) is 2.67. The van der Waals surface area contributed by atoms with E-state index >= 15 is 0 Å². The monoisotopic (exact) mass is 421 g/mol. The molecule has 30 heavy (non-hydrogen) atoms. The zero-order valence-electron chi connectivity index (χ0n) is 17.3. The van der Waals surface area contributed by atoms with Crippen LogP contribution >= 0.6 is 0 Å². The van der Waals surface area contributed by atoms with E-state index in [1.54, 1.807) is 31.7 Å². The van der Waals surface area contributed by atoms with Gasteiger partial charge in [-0.15, -0.1) is 0 Å². The predicted molar refractivity (Wildman–Crippen MR) is 106 cm³/mol. The highest BCUT2D eigenvalue weighted by atomic mass is 19.2. The Kier molecular flexibility index (Phi) is 6.45. The third-order valence-corrected chi connectivity index (χ3v) is 5.50. The number of halogens is 2. The molecule has 1 fully saturated rings. The van der Waals surface area contributed by atoms with Crippen molar-refractivity contribution in [2.75, 3.05) is 26.2 Å². The summed E-state index contributed by atoms with van der Waals surface area (Å²) >= 11 is 0. The molecule has 0 aliphatic carbocycles. The van der Waals surface area contributed by atoms with Crippen molar-refractivity contribution in [1.82, 2.24) is 19.6 Å². The number of carbonyl (C=O) groups is 1. The lowest BCUT2D eigenvalue weighted by Crippen LogP contribution is -2.50. The van der Waals surface area contributed by atoms with Crippen molar-refractivity contribution >= 4 is 11.6 Å². The highest BCUT2D eigenvalue weighted by Crippen LogP contribution is 2.23. The van der Waals surface area contributed by atoms with Crippen LogP contribution in [-0.2, 0) is 17.9 Å². The molecule has 1 unspecified atom stereocenters. The third-order valence-electron chi connectivity index (χ3n) is 5.50. The molecule has 0 saturated carbocycles. The molecule has 1 aliphatic rings. The Hall–Kier alpha value is -2.88. The van der Waals surface area contributed by atoms with Crippen LogP contribution in [0.15, 0.2) is 18.2 Å². The smallest absolute Gasteiger partial charge is 0.312 e. The second-order valence-electron chi connectivity index (χ2n) is 7.67. The van der Waals surface area contributed by atoms with Gasteiger partial charge in [-0.3, -0.25) is 24.5 Å². The van der Waals surface area contributed by atoms with E-state index in [0.29, 0.717) is 43.1 Å². The van der Waals surface area contributed by atoms with Crippen molar-refractivity contribution in [2.24, 2.45) is 5.92 Å². The topological polar surface area (TPSA) is 84.5 Å². The summed E-state index contributed by atoms with van der Waals surface area (Å²) in [6.45, 7) is 7.60. The van der Waals surface area contributed by atoms with E-state index < -0.39 is 22.5 Å². The van der Waals surface area contributed by atoms with Crippen LogP contribution in [0.5, 0.6) is 0 Å². The van der Waals surface area contributed by atoms with Crippen LogP contribution < -0.4 is 0 Å². The summed E-state index contributed by atoms with van der Waals surface area (Å²) in [7, 11) is 0. The Morgan fingerprint density at radius 3 is 2.50 bits per heavy atom. The molecule has 2 heterocycles. The van der Waals surface area contributed by atoms with Gasteiger partial charge in [0.15, 0.2) is 11.6 Å². The lowest BCUT2D eigenvalue weighted by Gasteiger charge is -2.36. The molecule has 3 rings (SSSR count). The van der Waals surface area contributed by atoms with Crippen molar-refractivity contribution in [3.8, 4) is 0 Å². The second kappa shape index (κ2) is 8.86. The number of benzene rings is 1. The fraction of sp³-hybridized carbons (Fsp3) is 0.500. The van der Waals surface area contributed by atoms with Gasteiger partial charge in [0.05, 0.1) is 17.4 Å². The van der Waals surface area contributed by atoms with Crippen LogP contribution in [0.1, 0.15) is 23.9 Å². The Morgan fingerprint density at radius 2 is 1.90 bits per heavy atom. The van der Waals surface area contributed by atoms with Crippen LogP contribution in [0.3, 0.4) is 0 Å². The SMILES string of the molecule is Cc1nn(CC(C)C(=O)N2CCN(Cc3cccc(F)c3F)CC2)c(C)c1[N+](=O)[O-]. The minimum Gasteiger partial charge on any atom is -0.340 e. The number of hydrogen-bond donors (Lipinski definition) is 0. The molecule has 2 aromatic rings. The molecule has 0 N–H and O–H groups in total. The van der Waals surface area contributed by atoms with E-state index in [1.165, 1.54) is 10.7 Å². The summed E-state index contributed by atoms with van der Waals surface area (Å²) in [4.78, 5) is 27.2. The average Bonchev–Trinajstić information content (AvgIpc) is 2.98. The lowest BCUT2D eigenvalue weighted by molar-refractivity contribution is -0.386. The van der Waals surface area contributed by atoms with Crippen LogP contribution in [0.25, 0.3) is 0 Å². The minimum atomic E-state index is -0.862. The van der Waals surface area contributed by atoms with Gasteiger partial charge >= 0.3 is 5.69 Å². The molecule has 162 valence electrons. The molecule has 1 aromatic heterocycles. The number of nitrogens with zero attached hydrogens (tertiary/aromatic N) is 5. The normalized spacial score (nSPS) is 16.0. The number of amides is 1. The first-order chi connectivity index (χ1) is 14.2. The number of rotatable bonds is 6. The molecular weight excluding hydrogens is 396 g/mol. The second-order valence-corrected chi connectivity index (χ2v) is 7.67. The molecule has 8 nitrogen and oxygen atoms in total. The van der Waals surface area contributed by atoms with Gasteiger partial charge in [0.2, 0.25) is 5.91 Å². The van der Waals surface area contributed by atoms with Crippen molar-refractivity contribution in [1.29, 1.82) is 0 Å². The van der Waals surface area contributed by atoms with Crippen LogP contribution in [0.4, 0.5) is 14.5 Å². The van der Waals surface area contributed by atoms with Crippen molar-refractivity contribution in [3.63, 3.8) is 0 Å². The standard InChI is InChI=1S/C20H25F2N5O3/c1-13(11-26-15(3)19(27(29)30)14(2)23-26)20(28)25-9-7-24(8-10-25)12-16-5-4-6-17(21)18(16)22/h4-6,13H,7-12H2,1-3H3. The van der Waals surface area contributed by atoms with Crippen molar-refractivity contribution < 1.29 is 18.5 Å². The molecule has 1 amide bonds. The summed E-state index contributed by atoms with van der Waals surface area (Å²) in [6, 6.07) is 4.14. The fourth-order valence-corrected chi connectivity index (χ4v) is 3.82. The van der Waals surface area contributed by atoms with E-state index in [9.17, 15) is 23.7 Å². The number of aromatic nitrogens is 2. The largest absolute Gasteiger partial charge is 0.340 e. The van der Waals surface area contributed by atoms with Gasteiger partial charge in [0.25, 0.3) is 0 Å². The first-order valence-corrected chi connectivity index (χ1v) is 9.81. The van der Waals surface area contributed by atoms with Crippen LogP contribution in [0.2, 0.25) is 0 Å². The van der Waals surface area contributed by atoms with Crippen molar-refractivity contribution in [2.45, 2.75) is 33.9 Å². The summed E-state index contributed by atoms with van der Waals surface area (Å²) < 4.78 is 28.8. The first-order valence-electron chi connectivity index (χ1n) is 9.81.